The smallest absolute Gasteiger partial charge is 0.303 e. The number of carboxylic acid groups (broad SMARTS) is 1. The molecule has 19 heavy (non-hydrogen) atoms. The molecule has 0 radical (unpaired) electrons. The van der Waals surface area contributed by atoms with Gasteiger partial charge in [-0.25, -0.2) is 0 Å². The van der Waals surface area contributed by atoms with E-state index in [2.05, 4.69) is 23.8 Å². The normalized spacial score (nSPS) is 31.5. The van der Waals surface area contributed by atoms with E-state index in [1.165, 1.54) is 32.1 Å². The van der Waals surface area contributed by atoms with Crippen molar-refractivity contribution in [1.82, 2.24) is 9.80 Å². The Morgan fingerprint density at radius 2 is 1.95 bits per heavy atom. The Balaban J connectivity index is 1.99. The summed E-state index contributed by atoms with van der Waals surface area (Å²) in [5, 5.41) is 8.90. The summed E-state index contributed by atoms with van der Waals surface area (Å²) < 4.78 is 0. The van der Waals surface area contributed by atoms with Gasteiger partial charge in [0.25, 0.3) is 0 Å². The third kappa shape index (κ3) is 3.93. The van der Waals surface area contributed by atoms with Crippen LogP contribution in [0.3, 0.4) is 0 Å². The quantitative estimate of drug-likeness (QED) is 0.849. The number of nitrogens with zero attached hydrogens (tertiary/aromatic N) is 2. The Hall–Kier alpha value is -0.610. The lowest BCUT2D eigenvalue weighted by Gasteiger charge is -2.35. The maximum absolute atomic E-state index is 10.8. The lowest BCUT2D eigenvalue weighted by Crippen LogP contribution is -2.45. The summed E-state index contributed by atoms with van der Waals surface area (Å²) in [6.07, 6.45) is 7.67. The number of hydrogen-bond donors (Lipinski definition) is 1. The predicted molar refractivity (Wildman–Crippen MR) is 76.3 cm³/mol. The summed E-state index contributed by atoms with van der Waals surface area (Å²) in [4.78, 5) is 15.8. The molecule has 1 saturated carbocycles. The average Bonchev–Trinajstić information content (AvgIpc) is 2.84. The molecule has 1 aliphatic heterocycles. The summed E-state index contributed by atoms with van der Waals surface area (Å²) in [7, 11) is 2.15. The summed E-state index contributed by atoms with van der Waals surface area (Å²) in [5.74, 6) is -0.668. The zero-order chi connectivity index (χ0) is 13.8. The van der Waals surface area contributed by atoms with Gasteiger partial charge in [-0.15, -0.1) is 0 Å². The van der Waals surface area contributed by atoms with Gasteiger partial charge in [0, 0.05) is 31.1 Å². The SMILES string of the molecule is CC1CCN(C)C(CCC(=O)O)CN1C1CCCC1. The number of carbonyl (C=O) groups is 1. The van der Waals surface area contributed by atoms with Crippen molar-refractivity contribution < 1.29 is 9.90 Å². The van der Waals surface area contributed by atoms with Crippen molar-refractivity contribution in [3.63, 3.8) is 0 Å². The number of likely N-dealkylation sites (N-methyl/N-ethyl adjacent to an activating group) is 1. The standard InChI is InChI=1S/C15H28N2O2/c1-12-9-10-16(2)14(7-8-15(18)19)11-17(12)13-5-3-4-6-13/h12-14H,3-11H2,1-2H3,(H,18,19). The first-order chi connectivity index (χ1) is 9.08. The van der Waals surface area contributed by atoms with Gasteiger partial charge in [0.2, 0.25) is 0 Å². The molecule has 4 nitrogen and oxygen atoms in total. The molecule has 0 aromatic carbocycles. The first-order valence-corrected chi connectivity index (χ1v) is 7.75. The van der Waals surface area contributed by atoms with Gasteiger partial charge in [0.05, 0.1) is 0 Å². The van der Waals surface area contributed by atoms with E-state index < -0.39 is 5.97 Å². The van der Waals surface area contributed by atoms with Gasteiger partial charge in [-0.05, 0) is 46.2 Å². The van der Waals surface area contributed by atoms with Gasteiger partial charge < -0.3 is 10.0 Å². The van der Waals surface area contributed by atoms with Crippen molar-refractivity contribution in [3.05, 3.63) is 0 Å². The minimum atomic E-state index is -0.668. The first kappa shape index (κ1) is 14.8. The monoisotopic (exact) mass is 268 g/mol. The molecule has 0 aromatic rings. The van der Waals surface area contributed by atoms with Crippen LogP contribution in [0.15, 0.2) is 0 Å². The van der Waals surface area contributed by atoms with Crippen LogP contribution < -0.4 is 0 Å². The van der Waals surface area contributed by atoms with Gasteiger partial charge in [-0.1, -0.05) is 12.8 Å². The van der Waals surface area contributed by atoms with Gasteiger partial charge >= 0.3 is 5.97 Å². The van der Waals surface area contributed by atoms with E-state index in [-0.39, 0.29) is 0 Å². The van der Waals surface area contributed by atoms with Crippen LogP contribution in [0.5, 0.6) is 0 Å². The lowest BCUT2D eigenvalue weighted by atomic mass is 10.1. The molecule has 0 spiro atoms. The predicted octanol–water partition coefficient (Wildman–Crippen LogP) is 2.19. The molecular weight excluding hydrogens is 240 g/mol. The molecule has 2 fully saturated rings. The van der Waals surface area contributed by atoms with Gasteiger partial charge in [0.15, 0.2) is 0 Å². The van der Waals surface area contributed by atoms with Crippen LogP contribution in [0.25, 0.3) is 0 Å². The molecule has 1 N–H and O–H groups in total. The highest BCUT2D eigenvalue weighted by atomic mass is 16.4. The molecule has 4 heteroatoms. The molecule has 2 rings (SSSR count). The summed E-state index contributed by atoms with van der Waals surface area (Å²) >= 11 is 0. The number of hydrogen-bond acceptors (Lipinski definition) is 3. The van der Waals surface area contributed by atoms with Crippen molar-refractivity contribution in [2.45, 2.75) is 70.0 Å². The maximum Gasteiger partial charge on any atom is 0.303 e. The van der Waals surface area contributed by atoms with Crippen LogP contribution in [-0.2, 0) is 4.79 Å². The Kier molecular flexibility index (Phi) is 5.22. The fourth-order valence-corrected chi connectivity index (χ4v) is 3.65. The largest absolute Gasteiger partial charge is 0.481 e. The average molecular weight is 268 g/mol. The van der Waals surface area contributed by atoms with E-state index in [9.17, 15) is 4.79 Å². The van der Waals surface area contributed by atoms with Crippen molar-refractivity contribution >= 4 is 5.97 Å². The van der Waals surface area contributed by atoms with Gasteiger partial charge in [-0.2, -0.15) is 0 Å². The zero-order valence-electron chi connectivity index (χ0n) is 12.3. The zero-order valence-corrected chi connectivity index (χ0v) is 12.3. The van der Waals surface area contributed by atoms with E-state index in [4.69, 9.17) is 5.11 Å². The van der Waals surface area contributed by atoms with Gasteiger partial charge in [0.1, 0.15) is 0 Å². The molecule has 2 aliphatic rings. The van der Waals surface area contributed by atoms with Crippen molar-refractivity contribution in [2.24, 2.45) is 0 Å². The van der Waals surface area contributed by atoms with Crippen LogP contribution in [-0.4, -0.2) is 59.1 Å². The highest BCUT2D eigenvalue weighted by molar-refractivity contribution is 5.66. The van der Waals surface area contributed by atoms with E-state index in [0.717, 1.165) is 25.6 Å². The highest BCUT2D eigenvalue weighted by Crippen LogP contribution is 2.28. The van der Waals surface area contributed by atoms with Crippen LogP contribution in [0.4, 0.5) is 0 Å². The summed E-state index contributed by atoms with van der Waals surface area (Å²) in [6, 6.07) is 1.79. The minimum absolute atomic E-state index is 0.294. The third-order valence-electron chi connectivity index (χ3n) is 5.00. The Labute approximate surface area is 116 Å². The molecule has 2 atom stereocenters. The molecule has 2 unspecified atom stereocenters. The second-order valence-corrected chi connectivity index (χ2v) is 6.34. The van der Waals surface area contributed by atoms with Gasteiger partial charge in [-0.3, -0.25) is 9.69 Å². The number of carboxylic acids is 1. The third-order valence-corrected chi connectivity index (χ3v) is 5.00. The number of rotatable bonds is 4. The van der Waals surface area contributed by atoms with E-state index in [1.807, 2.05) is 0 Å². The first-order valence-electron chi connectivity index (χ1n) is 7.75. The Morgan fingerprint density at radius 3 is 2.58 bits per heavy atom. The summed E-state index contributed by atoms with van der Waals surface area (Å²) in [5.41, 5.74) is 0. The van der Waals surface area contributed by atoms with Crippen LogP contribution in [0.1, 0.15) is 51.9 Å². The van der Waals surface area contributed by atoms with Crippen LogP contribution in [0.2, 0.25) is 0 Å². The van der Waals surface area contributed by atoms with Crippen molar-refractivity contribution in [3.8, 4) is 0 Å². The lowest BCUT2D eigenvalue weighted by molar-refractivity contribution is -0.137. The van der Waals surface area contributed by atoms with Crippen LogP contribution >= 0.6 is 0 Å². The Morgan fingerprint density at radius 1 is 1.26 bits per heavy atom. The molecule has 0 bridgehead atoms. The second kappa shape index (κ2) is 6.71. The maximum atomic E-state index is 10.8. The second-order valence-electron chi connectivity index (χ2n) is 6.34. The fraction of sp³-hybridized carbons (Fsp3) is 0.933. The molecule has 110 valence electrons. The number of aliphatic carboxylic acids is 1. The molecule has 0 amide bonds. The van der Waals surface area contributed by atoms with E-state index in [0.29, 0.717) is 18.5 Å². The van der Waals surface area contributed by atoms with E-state index in [1.54, 1.807) is 0 Å². The molecule has 1 saturated heterocycles. The molecule has 1 heterocycles. The molecule has 1 aliphatic carbocycles. The van der Waals surface area contributed by atoms with E-state index >= 15 is 0 Å². The molecular formula is C15H28N2O2. The summed E-state index contributed by atoms with van der Waals surface area (Å²) in [6.45, 7) is 4.48. The van der Waals surface area contributed by atoms with Crippen LogP contribution in [0, 0.1) is 0 Å². The fourth-order valence-electron chi connectivity index (χ4n) is 3.65. The van der Waals surface area contributed by atoms with Crippen molar-refractivity contribution in [2.75, 3.05) is 20.1 Å². The minimum Gasteiger partial charge on any atom is -0.481 e. The highest BCUT2D eigenvalue weighted by Gasteiger charge is 2.32. The Bertz CT molecular complexity index is 303. The van der Waals surface area contributed by atoms with Crippen molar-refractivity contribution in [1.29, 1.82) is 0 Å². The molecule has 0 aromatic heterocycles. The topological polar surface area (TPSA) is 43.8 Å².